The monoisotopic (exact) mass is 411 g/mol. The average molecular weight is 412 g/mol. The molecule has 0 saturated heterocycles. The van der Waals surface area contributed by atoms with E-state index in [0.29, 0.717) is 32.6 Å². The first kappa shape index (κ1) is 19.4. The zero-order chi connectivity index (χ0) is 21.7. The normalized spacial score (nSPS) is 11.7. The molecule has 0 spiro atoms. The third kappa shape index (κ3) is 2.92. The van der Waals surface area contributed by atoms with E-state index >= 15 is 0 Å². The zero-order valence-electron chi connectivity index (χ0n) is 18.0. The van der Waals surface area contributed by atoms with Crippen molar-refractivity contribution in [3.63, 3.8) is 0 Å². The molecule has 0 unspecified atom stereocenters. The Morgan fingerprint density at radius 1 is 0.710 bits per heavy atom. The number of pyridine rings is 2. The van der Waals surface area contributed by atoms with E-state index in [1.54, 1.807) is 0 Å². The van der Waals surface area contributed by atoms with Gasteiger partial charge in [0.2, 0.25) is 0 Å². The predicted octanol–water partition coefficient (Wildman–Crippen LogP) is 5.08. The average Bonchev–Trinajstić information content (AvgIpc) is 2.79. The van der Waals surface area contributed by atoms with Gasteiger partial charge in [0, 0.05) is 40.3 Å². The predicted molar refractivity (Wildman–Crippen MR) is 131 cm³/mol. The van der Waals surface area contributed by atoms with Crippen molar-refractivity contribution in [2.45, 2.75) is 27.2 Å². The molecule has 2 heterocycles. The van der Waals surface area contributed by atoms with Crippen molar-refractivity contribution in [2.75, 3.05) is 18.0 Å². The molecule has 0 atom stereocenters. The number of aryl methyl sites for hydroxylation is 1. The summed E-state index contributed by atoms with van der Waals surface area (Å²) < 4.78 is 0. The van der Waals surface area contributed by atoms with Crippen molar-refractivity contribution in [3.05, 3.63) is 74.5 Å². The topological polar surface area (TPSA) is 69.0 Å². The minimum atomic E-state index is -0.0264. The van der Waals surface area contributed by atoms with Gasteiger partial charge in [-0.2, -0.15) is 0 Å². The number of nitrogens with zero attached hydrogens (tertiary/aromatic N) is 1. The Labute approximate surface area is 179 Å². The fraction of sp³-hybridized carbons (Fsp3) is 0.231. The number of hydrogen-bond acceptors (Lipinski definition) is 3. The Balaban J connectivity index is 1.86. The first-order valence-corrected chi connectivity index (χ1v) is 10.9. The van der Waals surface area contributed by atoms with Crippen LogP contribution in [0.5, 0.6) is 0 Å². The first-order valence-electron chi connectivity index (χ1n) is 10.9. The molecule has 31 heavy (non-hydrogen) atoms. The van der Waals surface area contributed by atoms with Crippen molar-refractivity contribution >= 4 is 49.3 Å². The van der Waals surface area contributed by atoms with Crippen molar-refractivity contribution in [3.8, 4) is 0 Å². The molecular formula is C26H25N3O2. The minimum Gasteiger partial charge on any atom is -0.372 e. The maximum atomic E-state index is 13.3. The van der Waals surface area contributed by atoms with Gasteiger partial charge >= 0.3 is 0 Å². The summed E-state index contributed by atoms with van der Waals surface area (Å²) in [5.41, 5.74) is 5.13. The molecule has 0 aliphatic carbocycles. The van der Waals surface area contributed by atoms with Gasteiger partial charge in [-0.3, -0.25) is 9.59 Å². The molecule has 5 nitrogen and oxygen atoms in total. The summed E-state index contributed by atoms with van der Waals surface area (Å²) in [6, 6.07) is 15.3. The third-order valence-corrected chi connectivity index (χ3v) is 6.33. The van der Waals surface area contributed by atoms with Crippen molar-refractivity contribution in [2.24, 2.45) is 0 Å². The lowest BCUT2D eigenvalue weighted by atomic mass is 10.0. The van der Waals surface area contributed by atoms with Crippen molar-refractivity contribution in [1.29, 1.82) is 0 Å². The van der Waals surface area contributed by atoms with Gasteiger partial charge in [0.1, 0.15) is 0 Å². The van der Waals surface area contributed by atoms with Crippen LogP contribution in [0.25, 0.3) is 43.6 Å². The quantitative estimate of drug-likeness (QED) is 0.405. The molecule has 3 aromatic carbocycles. The molecule has 5 aromatic rings. The summed E-state index contributed by atoms with van der Waals surface area (Å²) in [6.07, 6.45) is 0.826. The highest BCUT2D eigenvalue weighted by Crippen LogP contribution is 2.25. The van der Waals surface area contributed by atoms with Crippen LogP contribution in [0.4, 0.5) is 5.69 Å². The number of fused-ring (bicyclic) bond motifs is 4. The van der Waals surface area contributed by atoms with E-state index < -0.39 is 0 Å². The number of aromatic amines is 2. The van der Waals surface area contributed by atoms with Crippen molar-refractivity contribution in [1.82, 2.24) is 9.97 Å². The van der Waals surface area contributed by atoms with Crippen LogP contribution in [0.1, 0.15) is 26.3 Å². The number of para-hydroxylation sites is 1. The smallest absolute Gasteiger partial charge is 0.197 e. The van der Waals surface area contributed by atoms with Crippen LogP contribution in [-0.2, 0) is 6.42 Å². The highest BCUT2D eigenvalue weighted by molar-refractivity contribution is 6.03. The maximum absolute atomic E-state index is 13.3. The molecule has 2 aromatic heterocycles. The molecular weight excluding hydrogens is 386 g/mol. The van der Waals surface area contributed by atoms with E-state index in [4.69, 9.17) is 0 Å². The molecule has 156 valence electrons. The summed E-state index contributed by atoms with van der Waals surface area (Å²) in [7, 11) is 0. The Morgan fingerprint density at radius 2 is 1.35 bits per heavy atom. The molecule has 0 bridgehead atoms. The second kappa shape index (κ2) is 7.27. The largest absolute Gasteiger partial charge is 0.372 e. The molecule has 0 fully saturated rings. The Hall–Kier alpha value is -3.60. The van der Waals surface area contributed by atoms with E-state index in [1.807, 2.05) is 48.5 Å². The molecule has 0 aliphatic rings. The van der Waals surface area contributed by atoms with Crippen molar-refractivity contribution < 1.29 is 0 Å². The van der Waals surface area contributed by atoms with Crippen LogP contribution in [-0.4, -0.2) is 23.1 Å². The second-order valence-electron chi connectivity index (χ2n) is 7.95. The van der Waals surface area contributed by atoms with Gasteiger partial charge in [-0.05, 0) is 62.2 Å². The number of H-pyrrole nitrogens is 2. The molecule has 5 heteroatoms. The summed E-state index contributed by atoms with van der Waals surface area (Å²) in [6.45, 7) is 8.09. The minimum absolute atomic E-state index is 0.0150. The van der Waals surface area contributed by atoms with E-state index in [9.17, 15) is 9.59 Å². The fourth-order valence-corrected chi connectivity index (χ4v) is 4.60. The van der Waals surface area contributed by atoms with Crippen LogP contribution in [0, 0.1) is 0 Å². The molecule has 0 saturated carbocycles. The number of nitrogens with one attached hydrogen (secondary N) is 2. The van der Waals surface area contributed by atoms with Crippen LogP contribution in [0.15, 0.2) is 58.1 Å². The van der Waals surface area contributed by atoms with Gasteiger partial charge in [-0.25, -0.2) is 0 Å². The number of anilines is 1. The highest BCUT2D eigenvalue weighted by Gasteiger charge is 2.13. The number of aromatic nitrogens is 2. The fourth-order valence-electron chi connectivity index (χ4n) is 4.60. The lowest BCUT2D eigenvalue weighted by Gasteiger charge is -2.21. The summed E-state index contributed by atoms with van der Waals surface area (Å²) in [4.78, 5) is 35.6. The van der Waals surface area contributed by atoms with Gasteiger partial charge in [-0.15, -0.1) is 0 Å². The molecule has 0 amide bonds. The summed E-state index contributed by atoms with van der Waals surface area (Å²) >= 11 is 0. The van der Waals surface area contributed by atoms with Crippen LogP contribution >= 0.6 is 0 Å². The Bertz CT molecular complexity index is 1590. The van der Waals surface area contributed by atoms with Gasteiger partial charge in [0.15, 0.2) is 10.9 Å². The van der Waals surface area contributed by atoms with Gasteiger partial charge in [0.05, 0.1) is 22.1 Å². The van der Waals surface area contributed by atoms with Gasteiger partial charge in [-0.1, -0.05) is 19.1 Å². The van der Waals surface area contributed by atoms with Crippen LogP contribution in [0.3, 0.4) is 0 Å². The number of benzene rings is 3. The standard InChI is InChI=1S/C26H25N3O2/c1-4-15-8-7-9-18-24(15)28-23-14-19-22(13-20(23)26(18)31)27-21-12-16(29(5-2)6-3)10-11-17(21)25(19)30/h7-14H,4-6H2,1-3H3,(H,27,30)(H,28,31). The van der Waals surface area contributed by atoms with E-state index in [-0.39, 0.29) is 10.9 Å². The number of rotatable bonds is 4. The van der Waals surface area contributed by atoms with E-state index in [1.165, 1.54) is 0 Å². The van der Waals surface area contributed by atoms with E-state index in [2.05, 4.69) is 35.6 Å². The highest BCUT2D eigenvalue weighted by atomic mass is 16.1. The maximum Gasteiger partial charge on any atom is 0.197 e. The molecule has 0 aliphatic heterocycles. The first-order chi connectivity index (χ1) is 15.0. The SMILES string of the molecule is CCc1cccc2c(=O)c3cc4[nH]c5cc(N(CC)CC)ccc5c(=O)c4cc3[nH]c12. The summed E-state index contributed by atoms with van der Waals surface area (Å²) in [5, 5.41) is 2.50. The Kier molecular flexibility index (Phi) is 4.54. The molecule has 5 rings (SSSR count). The van der Waals surface area contributed by atoms with Gasteiger partial charge in [0.25, 0.3) is 0 Å². The molecule has 0 radical (unpaired) electrons. The van der Waals surface area contributed by atoms with Crippen LogP contribution in [0.2, 0.25) is 0 Å². The zero-order valence-corrected chi connectivity index (χ0v) is 18.0. The third-order valence-electron chi connectivity index (χ3n) is 6.33. The molecule has 2 N–H and O–H groups in total. The summed E-state index contributed by atoms with van der Waals surface area (Å²) in [5.74, 6) is 0. The number of hydrogen-bond donors (Lipinski definition) is 2. The van der Waals surface area contributed by atoms with Crippen LogP contribution < -0.4 is 15.8 Å². The van der Waals surface area contributed by atoms with Gasteiger partial charge < -0.3 is 14.9 Å². The lowest BCUT2D eigenvalue weighted by Crippen LogP contribution is -2.21. The lowest BCUT2D eigenvalue weighted by molar-refractivity contribution is 0.867. The Morgan fingerprint density at radius 3 is 2.03 bits per heavy atom. The second-order valence-corrected chi connectivity index (χ2v) is 7.95. The van der Waals surface area contributed by atoms with E-state index in [0.717, 1.165) is 41.8 Å².